The van der Waals surface area contributed by atoms with Gasteiger partial charge in [0.05, 0.1) is 16.8 Å². The van der Waals surface area contributed by atoms with E-state index in [0.717, 1.165) is 12.1 Å². The number of nitrogens with zero attached hydrogens (tertiary/aromatic N) is 3. The van der Waals surface area contributed by atoms with Crippen molar-refractivity contribution in [1.29, 1.82) is 0 Å². The van der Waals surface area contributed by atoms with Gasteiger partial charge in [-0.3, -0.25) is 9.48 Å². The molecule has 1 aromatic heterocycles. The molecule has 2 aromatic rings. The Kier molecular flexibility index (Phi) is 4.68. The fourth-order valence-electron chi connectivity index (χ4n) is 1.87. The molecule has 0 aliphatic heterocycles. The predicted molar refractivity (Wildman–Crippen MR) is 80.2 cm³/mol. The van der Waals surface area contributed by atoms with E-state index in [9.17, 15) is 4.79 Å². The Balaban J connectivity index is 2.14. The van der Waals surface area contributed by atoms with Gasteiger partial charge in [0.2, 0.25) is 0 Å². The van der Waals surface area contributed by atoms with Crippen LogP contribution in [0.25, 0.3) is 0 Å². The highest BCUT2D eigenvalue weighted by molar-refractivity contribution is 6.35. The third kappa shape index (κ3) is 3.32. The summed E-state index contributed by atoms with van der Waals surface area (Å²) in [6.45, 7) is 3.29. The van der Waals surface area contributed by atoms with Crippen molar-refractivity contribution < 1.29 is 4.79 Å². The number of carbonyl (C=O) groups is 1. The molecule has 0 aliphatic carbocycles. The minimum absolute atomic E-state index is 0.165. The second-order valence-electron chi connectivity index (χ2n) is 4.49. The van der Waals surface area contributed by atoms with Crippen LogP contribution in [-0.2, 0) is 13.1 Å². The first-order valence-corrected chi connectivity index (χ1v) is 6.98. The molecule has 0 spiro atoms. The summed E-state index contributed by atoms with van der Waals surface area (Å²) in [6, 6.07) is 4.87. The fourth-order valence-corrected chi connectivity index (χ4v) is 2.24. The smallest absolute Gasteiger partial charge is 0.255 e. The molecule has 0 radical (unpaired) electrons. The van der Waals surface area contributed by atoms with Crippen molar-refractivity contribution in [2.24, 2.45) is 0 Å². The van der Waals surface area contributed by atoms with Gasteiger partial charge in [0, 0.05) is 36.9 Å². The van der Waals surface area contributed by atoms with E-state index in [1.54, 1.807) is 36.3 Å². The molecule has 4 nitrogen and oxygen atoms in total. The lowest BCUT2D eigenvalue weighted by Gasteiger charge is -2.17. The van der Waals surface area contributed by atoms with Crippen molar-refractivity contribution in [3.8, 4) is 0 Å². The Hall–Kier alpha value is -1.52. The van der Waals surface area contributed by atoms with Gasteiger partial charge in [0.15, 0.2) is 0 Å². The van der Waals surface area contributed by atoms with Crippen LogP contribution in [0.5, 0.6) is 0 Å². The summed E-state index contributed by atoms with van der Waals surface area (Å²) in [5.74, 6) is -0.165. The van der Waals surface area contributed by atoms with Crippen LogP contribution in [0, 0.1) is 0 Å². The third-order valence-corrected chi connectivity index (χ3v) is 3.50. The van der Waals surface area contributed by atoms with Crippen molar-refractivity contribution in [1.82, 2.24) is 14.7 Å². The predicted octanol–water partition coefficient (Wildman–Crippen LogP) is 3.48. The van der Waals surface area contributed by atoms with Crippen LogP contribution in [0.15, 0.2) is 30.6 Å². The van der Waals surface area contributed by atoms with Gasteiger partial charge in [-0.1, -0.05) is 23.2 Å². The molecule has 0 unspecified atom stereocenters. The minimum atomic E-state index is -0.165. The maximum absolute atomic E-state index is 12.4. The normalized spacial score (nSPS) is 10.6. The second-order valence-corrected chi connectivity index (χ2v) is 5.33. The summed E-state index contributed by atoms with van der Waals surface area (Å²) < 4.78 is 1.82. The van der Waals surface area contributed by atoms with Crippen LogP contribution >= 0.6 is 23.2 Å². The van der Waals surface area contributed by atoms with Crippen molar-refractivity contribution in [2.45, 2.75) is 20.0 Å². The van der Waals surface area contributed by atoms with Crippen molar-refractivity contribution in [2.75, 3.05) is 7.05 Å². The first kappa shape index (κ1) is 14.9. The Morgan fingerprint density at radius 1 is 1.40 bits per heavy atom. The van der Waals surface area contributed by atoms with E-state index in [1.807, 2.05) is 17.8 Å². The third-order valence-electron chi connectivity index (χ3n) is 2.94. The summed E-state index contributed by atoms with van der Waals surface area (Å²) in [6.07, 6.45) is 3.68. The number of rotatable bonds is 4. The van der Waals surface area contributed by atoms with E-state index in [-0.39, 0.29) is 5.91 Å². The maximum atomic E-state index is 12.4. The topological polar surface area (TPSA) is 38.1 Å². The van der Waals surface area contributed by atoms with Gasteiger partial charge in [-0.2, -0.15) is 5.10 Å². The van der Waals surface area contributed by atoms with Crippen LogP contribution in [-0.4, -0.2) is 27.6 Å². The first-order chi connectivity index (χ1) is 9.51. The molecule has 106 valence electrons. The highest BCUT2D eigenvalue weighted by Gasteiger charge is 2.16. The number of benzene rings is 1. The molecule has 0 N–H and O–H groups in total. The molecule has 0 saturated heterocycles. The van der Waals surface area contributed by atoms with Crippen LogP contribution in [0.1, 0.15) is 22.8 Å². The lowest BCUT2D eigenvalue weighted by atomic mass is 10.2. The van der Waals surface area contributed by atoms with Crippen LogP contribution in [0.3, 0.4) is 0 Å². The summed E-state index contributed by atoms with van der Waals surface area (Å²) in [7, 11) is 1.73. The van der Waals surface area contributed by atoms with Gasteiger partial charge in [0.25, 0.3) is 5.91 Å². The van der Waals surface area contributed by atoms with E-state index in [0.29, 0.717) is 22.2 Å². The highest BCUT2D eigenvalue weighted by atomic mass is 35.5. The molecule has 6 heteroatoms. The van der Waals surface area contributed by atoms with E-state index < -0.39 is 0 Å². The molecule has 0 aliphatic rings. The van der Waals surface area contributed by atoms with Gasteiger partial charge in [-0.25, -0.2) is 0 Å². The molecule has 20 heavy (non-hydrogen) atoms. The quantitative estimate of drug-likeness (QED) is 0.867. The summed E-state index contributed by atoms with van der Waals surface area (Å²) in [4.78, 5) is 13.9. The van der Waals surface area contributed by atoms with Crippen LogP contribution in [0.4, 0.5) is 0 Å². The zero-order chi connectivity index (χ0) is 14.7. The van der Waals surface area contributed by atoms with E-state index in [4.69, 9.17) is 23.2 Å². The first-order valence-electron chi connectivity index (χ1n) is 6.23. The van der Waals surface area contributed by atoms with E-state index in [2.05, 4.69) is 5.10 Å². The Bertz CT molecular complexity index is 625. The molecule has 1 aromatic carbocycles. The molecule has 0 atom stereocenters. The number of halogens is 2. The van der Waals surface area contributed by atoms with E-state index in [1.165, 1.54) is 0 Å². The second kappa shape index (κ2) is 6.29. The van der Waals surface area contributed by atoms with Crippen molar-refractivity contribution in [3.05, 3.63) is 51.8 Å². The van der Waals surface area contributed by atoms with Crippen LogP contribution < -0.4 is 0 Å². The summed E-state index contributed by atoms with van der Waals surface area (Å²) in [5.41, 5.74) is 1.38. The number of amides is 1. The Morgan fingerprint density at radius 2 is 2.15 bits per heavy atom. The molecule has 0 bridgehead atoms. The van der Waals surface area contributed by atoms with Gasteiger partial charge in [-0.15, -0.1) is 0 Å². The van der Waals surface area contributed by atoms with Gasteiger partial charge < -0.3 is 4.90 Å². The average molecular weight is 312 g/mol. The largest absolute Gasteiger partial charge is 0.337 e. The summed E-state index contributed by atoms with van der Waals surface area (Å²) >= 11 is 11.9. The minimum Gasteiger partial charge on any atom is -0.337 e. The number of carbonyl (C=O) groups excluding carboxylic acids is 1. The number of aryl methyl sites for hydroxylation is 1. The number of hydrogen-bond acceptors (Lipinski definition) is 2. The SMILES string of the molecule is CCn1cc(CN(C)C(=O)c2cc(Cl)ccc2Cl)cn1. The lowest BCUT2D eigenvalue weighted by molar-refractivity contribution is 0.0785. The molecule has 0 fully saturated rings. The molecular formula is C14H15Cl2N3O. The molecule has 1 amide bonds. The fraction of sp³-hybridized carbons (Fsp3) is 0.286. The monoisotopic (exact) mass is 311 g/mol. The van der Waals surface area contributed by atoms with Crippen LogP contribution in [0.2, 0.25) is 10.0 Å². The molecule has 1 heterocycles. The van der Waals surface area contributed by atoms with Gasteiger partial charge >= 0.3 is 0 Å². The lowest BCUT2D eigenvalue weighted by Crippen LogP contribution is -2.26. The average Bonchev–Trinajstić information content (AvgIpc) is 2.88. The van der Waals surface area contributed by atoms with Crippen molar-refractivity contribution in [3.63, 3.8) is 0 Å². The van der Waals surface area contributed by atoms with Crippen molar-refractivity contribution >= 4 is 29.1 Å². The standard InChI is InChI=1S/C14H15Cl2N3O/c1-3-19-9-10(7-17-19)8-18(2)14(20)12-6-11(15)4-5-13(12)16/h4-7,9H,3,8H2,1-2H3. The highest BCUT2D eigenvalue weighted by Crippen LogP contribution is 2.22. The van der Waals surface area contributed by atoms with E-state index >= 15 is 0 Å². The number of hydrogen-bond donors (Lipinski definition) is 0. The number of aromatic nitrogens is 2. The molecular weight excluding hydrogens is 297 g/mol. The summed E-state index contributed by atoms with van der Waals surface area (Å²) in [5, 5.41) is 5.07. The molecule has 0 saturated carbocycles. The van der Waals surface area contributed by atoms with Gasteiger partial charge in [0.1, 0.15) is 0 Å². The Morgan fingerprint density at radius 3 is 2.80 bits per heavy atom. The maximum Gasteiger partial charge on any atom is 0.255 e. The molecule has 2 rings (SSSR count). The Labute approximate surface area is 127 Å². The zero-order valence-corrected chi connectivity index (χ0v) is 12.8. The zero-order valence-electron chi connectivity index (χ0n) is 11.3. The van der Waals surface area contributed by atoms with Gasteiger partial charge in [-0.05, 0) is 25.1 Å².